The molecule has 5 nitrogen and oxygen atoms in total. The second kappa shape index (κ2) is 5.39. The van der Waals surface area contributed by atoms with Gasteiger partial charge in [0.15, 0.2) is 0 Å². The molecular weight excluding hydrogens is 238 g/mol. The van der Waals surface area contributed by atoms with Gasteiger partial charge in [-0.15, -0.1) is 10.2 Å². The number of nitrogens with one attached hydrogen (secondary N) is 1. The highest BCUT2D eigenvalue weighted by molar-refractivity contribution is 5.73. The normalized spacial score (nSPS) is 10.5. The number of nitrogens with zero attached hydrogens (tertiary/aromatic N) is 4. The minimum atomic E-state index is 0.563. The molecule has 0 fully saturated rings. The van der Waals surface area contributed by atoms with E-state index >= 15 is 0 Å². The molecule has 1 N–H and O–H groups in total. The second-order valence-electron chi connectivity index (χ2n) is 4.16. The van der Waals surface area contributed by atoms with E-state index in [-0.39, 0.29) is 0 Å². The first-order valence-corrected chi connectivity index (χ1v) is 6.14. The summed E-state index contributed by atoms with van der Waals surface area (Å²) in [6, 6.07) is 11.7. The zero-order valence-corrected chi connectivity index (χ0v) is 10.3. The molecule has 3 rings (SSSR count). The van der Waals surface area contributed by atoms with Crippen LogP contribution in [0.15, 0.2) is 48.8 Å². The number of fused-ring (bicyclic) bond motifs is 1. The number of anilines is 1. The lowest BCUT2D eigenvalue weighted by Gasteiger charge is -2.04. The number of rotatable bonds is 4. The van der Waals surface area contributed by atoms with Crippen molar-refractivity contribution in [3.8, 4) is 0 Å². The van der Waals surface area contributed by atoms with E-state index in [1.165, 1.54) is 5.56 Å². The van der Waals surface area contributed by atoms with Crippen LogP contribution in [0.2, 0.25) is 0 Å². The third-order valence-electron chi connectivity index (χ3n) is 2.81. The molecule has 0 aliphatic carbocycles. The summed E-state index contributed by atoms with van der Waals surface area (Å²) in [7, 11) is 0. The van der Waals surface area contributed by atoms with Crippen LogP contribution in [0.4, 0.5) is 5.95 Å². The predicted molar refractivity (Wildman–Crippen MR) is 73.8 cm³/mol. The van der Waals surface area contributed by atoms with Gasteiger partial charge >= 0.3 is 0 Å². The average molecular weight is 251 g/mol. The van der Waals surface area contributed by atoms with Crippen LogP contribution in [0.3, 0.4) is 0 Å². The predicted octanol–water partition coefficient (Wildman–Crippen LogP) is 2.07. The Labute approximate surface area is 110 Å². The molecule has 0 saturated carbocycles. The van der Waals surface area contributed by atoms with Gasteiger partial charge in [-0.05, 0) is 36.2 Å². The van der Waals surface area contributed by atoms with E-state index in [1.54, 1.807) is 12.4 Å². The van der Waals surface area contributed by atoms with Gasteiger partial charge < -0.3 is 5.32 Å². The maximum absolute atomic E-state index is 4.41. The van der Waals surface area contributed by atoms with Crippen LogP contribution in [0.25, 0.3) is 11.0 Å². The van der Waals surface area contributed by atoms with Gasteiger partial charge in [0.1, 0.15) is 5.52 Å². The highest BCUT2D eigenvalue weighted by Crippen LogP contribution is 2.08. The van der Waals surface area contributed by atoms with Gasteiger partial charge in [0.05, 0.1) is 5.52 Å². The van der Waals surface area contributed by atoms with Crippen molar-refractivity contribution in [1.82, 2.24) is 20.2 Å². The summed E-state index contributed by atoms with van der Waals surface area (Å²) in [4.78, 5) is 8.40. The lowest BCUT2D eigenvalue weighted by atomic mass is 10.2. The molecule has 0 atom stereocenters. The Kier molecular flexibility index (Phi) is 3.27. The van der Waals surface area contributed by atoms with Crippen molar-refractivity contribution >= 4 is 17.0 Å². The highest BCUT2D eigenvalue weighted by Gasteiger charge is 2.00. The first-order valence-electron chi connectivity index (χ1n) is 6.14. The van der Waals surface area contributed by atoms with Crippen molar-refractivity contribution in [3.63, 3.8) is 0 Å². The minimum Gasteiger partial charge on any atom is -0.353 e. The van der Waals surface area contributed by atoms with E-state index in [2.05, 4.69) is 25.5 Å². The molecule has 94 valence electrons. The average Bonchev–Trinajstić information content (AvgIpc) is 2.48. The third kappa shape index (κ3) is 2.82. The number of hydrogen-bond donors (Lipinski definition) is 1. The molecule has 0 aliphatic rings. The first-order chi connectivity index (χ1) is 9.42. The van der Waals surface area contributed by atoms with Crippen LogP contribution < -0.4 is 5.32 Å². The van der Waals surface area contributed by atoms with E-state index in [1.807, 2.05) is 36.4 Å². The smallest absolute Gasteiger partial charge is 0.243 e. The Morgan fingerprint density at radius 3 is 2.53 bits per heavy atom. The molecule has 0 unspecified atom stereocenters. The molecule has 0 radical (unpaired) electrons. The zero-order valence-electron chi connectivity index (χ0n) is 10.3. The van der Waals surface area contributed by atoms with Gasteiger partial charge in [-0.3, -0.25) is 4.98 Å². The van der Waals surface area contributed by atoms with E-state index in [0.717, 1.165) is 24.0 Å². The minimum absolute atomic E-state index is 0.563. The molecule has 0 spiro atoms. The molecule has 1 aromatic carbocycles. The van der Waals surface area contributed by atoms with Crippen LogP contribution in [0, 0.1) is 0 Å². The largest absolute Gasteiger partial charge is 0.353 e. The number of benzene rings is 1. The fourth-order valence-electron chi connectivity index (χ4n) is 1.82. The van der Waals surface area contributed by atoms with E-state index < -0.39 is 0 Å². The standard InChI is InChI=1S/C14H13N5/c1-2-4-13-12(3-1)17-14(19-18-13)16-10-7-11-5-8-15-9-6-11/h1-6,8-9H,7,10H2,(H,16,17,19). The van der Waals surface area contributed by atoms with Gasteiger partial charge in [0.25, 0.3) is 0 Å². The van der Waals surface area contributed by atoms with Crippen molar-refractivity contribution in [3.05, 3.63) is 54.4 Å². The van der Waals surface area contributed by atoms with Gasteiger partial charge in [-0.1, -0.05) is 12.1 Å². The maximum atomic E-state index is 4.41. The molecule has 2 aromatic heterocycles. The Hall–Kier alpha value is -2.56. The van der Waals surface area contributed by atoms with Crippen LogP contribution in [0.5, 0.6) is 0 Å². The Morgan fingerprint density at radius 2 is 1.68 bits per heavy atom. The number of para-hydroxylation sites is 1. The van der Waals surface area contributed by atoms with Crippen LogP contribution in [-0.4, -0.2) is 26.7 Å². The van der Waals surface area contributed by atoms with E-state index in [4.69, 9.17) is 0 Å². The molecule has 0 saturated heterocycles. The zero-order chi connectivity index (χ0) is 12.9. The summed E-state index contributed by atoms with van der Waals surface area (Å²) in [6.45, 7) is 0.768. The van der Waals surface area contributed by atoms with Gasteiger partial charge in [0.2, 0.25) is 5.95 Å². The third-order valence-corrected chi connectivity index (χ3v) is 2.81. The van der Waals surface area contributed by atoms with Crippen LogP contribution >= 0.6 is 0 Å². The van der Waals surface area contributed by atoms with Crippen LogP contribution in [-0.2, 0) is 6.42 Å². The first kappa shape index (κ1) is 11.5. The number of pyridine rings is 1. The van der Waals surface area contributed by atoms with Gasteiger partial charge in [-0.2, -0.15) is 0 Å². The lowest BCUT2D eigenvalue weighted by molar-refractivity contribution is 0.950. The lowest BCUT2D eigenvalue weighted by Crippen LogP contribution is -2.08. The molecule has 2 heterocycles. The maximum Gasteiger partial charge on any atom is 0.243 e. The quantitative estimate of drug-likeness (QED) is 0.769. The number of hydrogen-bond acceptors (Lipinski definition) is 5. The molecule has 3 aromatic rings. The summed E-state index contributed by atoms with van der Waals surface area (Å²) in [5.74, 6) is 0.563. The van der Waals surface area contributed by atoms with Crippen molar-refractivity contribution in [2.45, 2.75) is 6.42 Å². The molecular formula is C14H13N5. The molecule has 19 heavy (non-hydrogen) atoms. The Bertz CT molecular complexity index is 669. The fraction of sp³-hybridized carbons (Fsp3) is 0.143. The monoisotopic (exact) mass is 251 g/mol. The van der Waals surface area contributed by atoms with Gasteiger partial charge in [-0.25, -0.2) is 4.98 Å². The molecule has 0 bridgehead atoms. The molecule has 0 amide bonds. The summed E-state index contributed by atoms with van der Waals surface area (Å²) in [5.41, 5.74) is 2.89. The molecule has 5 heteroatoms. The molecule has 0 aliphatic heterocycles. The van der Waals surface area contributed by atoms with Crippen molar-refractivity contribution < 1.29 is 0 Å². The van der Waals surface area contributed by atoms with Crippen LogP contribution in [0.1, 0.15) is 5.56 Å². The highest BCUT2D eigenvalue weighted by atomic mass is 15.2. The summed E-state index contributed by atoms with van der Waals surface area (Å²) >= 11 is 0. The summed E-state index contributed by atoms with van der Waals surface area (Å²) < 4.78 is 0. The Balaban J connectivity index is 1.65. The topological polar surface area (TPSA) is 63.6 Å². The summed E-state index contributed by atoms with van der Waals surface area (Å²) in [5, 5.41) is 11.4. The van der Waals surface area contributed by atoms with E-state index in [9.17, 15) is 0 Å². The van der Waals surface area contributed by atoms with Gasteiger partial charge in [0, 0.05) is 18.9 Å². The van der Waals surface area contributed by atoms with Crippen molar-refractivity contribution in [1.29, 1.82) is 0 Å². The van der Waals surface area contributed by atoms with Crippen molar-refractivity contribution in [2.24, 2.45) is 0 Å². The number of aromatic nitrogens is 4. The second-order valence-corrected chi connectivity index (χ2v) is 4.16. The Morgan fingerprint density at radius 1 is 0.895 bits per heavy atom. The summed E-state index contributed by atoms with van der Waals surface area (Å²) in [6.07, 6.45) is 4.49. The van der Waals surface area contributed by atoms with E-state index in [0.29, 0.717) is 5.95 Å². The SMILES string of the molecule is c1ccc2nc(NCCc3ccncc3)nnc2c1. The fourth-order valence-corrected chi connectivity index (χ4v) is 1.82. The van der Waals surface area contributed by atoms with Crippen molar-refractivity contribution in [2.75, 3.05) is 11.9 Å².